The number of alkyl halides is 2. The molecule has 0 aliphatic carbocycles. The third kappa shape index (κ3) is 3.94. The summed E-state index contributed by atoms with van der Waals surface area (Å²) in [5.74, 6) is 0. The van der Waals surface area contributed by atoms with E-state index in [1.165, 1.54) is 16.8 Å². The standard InChI is InChI=1S/C14H14BrCl2F2N3O2S/c1-7-13(8(2)21(3)20-7)22(6-12(18)19)25(23,24)14-10(16)4-9(15)5-11(14)17/h4-5,12H,6H2,1-3H3. The normalized spacial score (nSPS) is 12.0. The van der Waals surface area contributed by atoms with Crippen molar-refractivity contribution in [3.05, 3.63) is 38.0 Å². The van der Waals surface area contributed by atoms with E-state index >= 15 is 0 Å². The Labute approximate surface area is 162 Å². The Morgan fingerprint density at radius 2 is 1.80 bits per heavy atom. The first-order chi connectivity index (χ1) is 11.5. The summed E-state index contributed by atoms with van der Waals surface area (Å²) >= 11 is 15.2. The van der Waals surface area contributed by atoms with E-state index in [1.54, 1.807) is 20.9 Å². The highest BCUT2D eigenvalue weighted by atomic mass is 79.9. The van der Waals surface area contributed by atoms with Crippen molar-refractivity contribution >= 4 is 54.8 Å². The van der Waals surface area contributed by atoms with Gasteiger partial charge < -0.3 is 0 Å². The van der Waals surface area contributed by atoms with Crippen molar-refractivity contribution in [2.24, 2.45) is 7.05 Å². The van der Waals surface area contributed by atoms with Crippen molar-refractivity contribution in [1.29, 1.82) is 0 Å². The van der Waals surface area contributed by atoms with Crippen molar-refractivity contribution in [2.45, 2.75) is 25.2 Å². The van der Waals surface area contributed by atoms with Gasteiger partial charge in [0, 0.05) is 11.5 Å². The lowest BCUT2D eigenvalue weighted by atomic mass is 10.3. The number of rotatable bonds is 5. The minimum absolute atomic E-state index is 0.0813. The van der Waals surface area contributed by atoms with Crippen molar-refractivity contribution in [3.63, 3.8) is 0 Å². The Morgan fingerprint density at radius 1 is 1.28 bits per heavy atom. The highest BCUT2D eigenvalue weighted by molar-refractivity contribution is 9.10. The van der Waals surface area contributed by atoms with Gasteiger partial charge in [-0.15, -0.1) is 0 Å². The zero-order valence-corrected chi connectivity index (χ0v) is 17.3. The molecule has 1 heterocycles. The molecular formula is C14H14BrCl2F2N3O2S. The van der Waals surface area contributed by atoms with Gasteiger partial charge in [-0.05, 0) is 26.0 Å². The lowest BCUT2D eigenvalue weighted by Crippen LogP contribution is -2.36. The molecule has 0 saturated carbocycles. The third-order valence-electron chi connectivity index (χ3n) is 3.54. The van der Waals surface area contributed by atoms with Crippen LogP contribution >= 0.6 is 39.1 Å². The lowest BCUT2D eigenvalue weighted by Gasteiger charge is -2.25. The van der Waals surface area contributed by atoms with Gasteiger partial charge >= 0.3 is 0 Å². The van der Waals surface area contributed by atoms with Crippen LogP contribution in [0.2, 0.25) is 10.0 Å². The van der Waals surface area contributed by atoms with Crippen LogP contribution in [0.25, 0.3) is 0 Å². The van der Waals surface area contributed by atoms with Crippen LogP contribution in [0.1, 0.15) is 11.4 Å². The Hall–Kier alpha value is -0.900. The Morgan fingerprint density at radius 3 is 2.20 bits per heavy atom. The molecule has 0 fully saturated rings. The molecule has 0 aliphatic heterocycles. The van der Waals surface area contributed by atoms with Gasteiger partial charge in [0.05, 0.1) is 33.7 Å². The number of hydrogen-bond acceptors (Lipinski definition) is 3. The number of aryl methyl sites for hydroxylation is 2. The van der Waals surface area contributed by atoms with Crippen LogP contribution in [-0.4, -0.2) is 31.2 Å². The number of aromatic nitrogens is 2. The molecule has 0 spiro atoms. The highest BCUT2D eigenvalue weighted by Gasteiger charge is 2.34. The van der Waals surface area contributed by atoms with Crippen LogP contribution in [-0.2, 0) is 17.1 Å². The molecule has 2 aromatic rings. The fourth-order valence-corrected chi connectivity index (χ4v) is 5.88. The third-order valence-corrected chi connectivity index (χ3v) is 6.68. The fraction of sp³-hybridized carbons (Fsp3) is 0.357. The number of nitrogens with zero attached hydrogens (tertiary/aromatic N) is 3. The van der Waals surface area contributed by atoms with E-state index in [1.807, 2.05) is 0 Å². The van der Waals surface area contributed by atoms with Gasteiger partial charge in [0.1, 0.15) is 4.90 Å². The predicted molar refractivity (Wildman–Crippen MR) is 97.4 cm³/mol. The van der Waals surface area contributed by atoms with Gasteiger partial charge in [-0.2, -0.15) is 5.10 Å². The number of hydrogen-bond donors (Lipinski definition) is 0. The monoisotopic (exact) mass is 475 g/mol. The smallest absolute Gasteiger partial charge is 0.267 e. The van der Waals surface area contributed by atoms with Crippen molar-refractivity contribution in [3.8, 4) is 0 Å². The molecule has 1 aromatic heterocycles. The molecule has 0 atom stereocenters. The maximum absolute atomic E-state index is 13.1. The summed E-state index contributed by atoms with van der Waals surface area (Å²) in [4.78, 5) is -0.428. The second-order valence-corrected chi connectivity index (χ2v) is 8.80. The zero-order valence-electron chi connectivity index (χ0n) is 13.4. The van der Waals surface area contributed by atoms with Crippen LogP contribution in [0.3, 0.4) is 0 Å². The van der Waals surface area contributed by atoms with E-state index in [0.717, 1.165) is 0 Å². The molecule has 0 amide bonds. The van der Waals surface area contributed by atoms with Crippen LogP contribution < -0.4 is 4.31 Å². The Kier molecular flexibility index (Phi) is 6.03. The van der Waals surface area contributed by atoms with Crippen molar-refractivity contribution < 1.29 is 17.2 Å². The highest BCUT2D eigenvalue weighted by Crippen LogP contribution is 2.38. The largest absolute Gasteiger partial charge is 0.270 e. The van der Waals surface area contributed by atoms with E-state index in [9.17, 15) is 17.2 Å². The first-order valence-corrected chi connectivity index (χ1v) is 9.91. The SMILES string of the molecule is Cc1nn(C)c(C)c1N(CC(F)F)S(=O)(=O)c1c(Cl)cc(Br)cc1Cl. The van der Waals surface area contributed by atoms with Gasteiger partial charge in [0.25, 0.3) is 16.4 Å². The molecule has 11 heteroatoms. The minimum Gasteiger partial charge on any atom is -0.270 e. The molecule has 2 rings (SSSR count). The molecule has 25 heavy (non-hydrogen) atoms. The first kappa shape index (κ1) is 20.4. The topological polar surface area (TPSA) is 55.2 Å². The molecule has 0 saturated heterocycles. The van der Waals surface area contributed by atoms with Crippen molar-refractivity contribution in [2.75, 3.05) is 10.8 Å². The number of anilines is 1. The molecule has 0 radical (unpaired) electrons. The lowest BCUT2D eigenvalue weighted by molar-refractivity contribution is 0.159. The number of halogens is 5. The average Bonchev–Trinajstić information content (AvgIpc) is 2.68. The summed E-state index contributed by atoms with van der Waals surface area (Å²) in [5, 5.41) is 3.76. The maximum Gasteiger partial charge on any atom is 0.267 e. The van der Waals surface area contributed by atoms with Crippen molar-refractivity contribution in [1.82, 2.24) is 9.78 Å². The van der Waals surface area contributed by atoms with Gasteiger partial charge in [-0.1, -0.05) is 39.1 Å². The quantitative estimate of drug-likeness (QED) is 0.635. The summed E-state index contributed by atoms with van der Waals surface area (Å²) < 4.78 is 55.0. The second-order valence-electron chi connectivity index (χ2n) is 5.27. The van der Waals surface area contributed by atoms with E-state index in [-0.39, 0.29) is 15.7 Å². The van der Waals surface area contributed by atoms with E-state index in [4.69, 9.17) is 23.2 Å². The average molecular weight is 477 g/mol. The Bertz CT molecular complexity index is 896. The summed E-state index contributed by atoms with van der Waals surface area (Å²) in [6, 6.07) is 2.67. The number of benzene rings is 1. The van der Waals surface area contributed by atoms with Gasteiger partial charge in [-0.25, -0.2) is 17.2 Å². The first-order valence-electron chi connectivity index (χ1n) is 6.92. The molecule has 0 bridgehead atoms. The molecule has 1 aromatic carbocycles. The second kappa shape index (κ2) is 7.38. The van der Waals surface area contributed by atoms with E-state index in [2.05, 4.69) is 21.0 Å². The summed E-state index contributed by atoms with van der Waals surface area (Å²) in [7, 11) is -2.85. The molecule has 0 N–H and O–H groups in total. The molecule has 0 aliphatic rings. The van der Waals surface area contributed by atoms with Gasteiger partial charge in [-0.3, -0.25) is 8.99 Å². The molecule has 5 nitrogen and oxygen atoms in total. The minimum atomic E-state index is -4.44. The van der Waals surface area contributed by atoms with Gasteiger partial charge in [0.15, 0.2) is 0 Å². The number of sulfonamides is 1. The maximum atomic E-state index is 13.1. The fourth-order valence-electron chi connectivity index (χ4n) is 2.44. The summed E-state index contributed by atoms with van der Waals surface area (Å²) in [6.07, 6.45) is -2.90. The summed E-state index contributed by atoms with van der Waals surface area (Å²) in [5.41, 5.74) is 0.803. The molecular weight excluding hydrogens is 463 g/mol. The van der Waals surface area contributed by atoms with Crippen LogP contribution in [0.15, 0.2) is 21.5 Å². The van der Waals surface area contributed by atoms with E-state index < -0.39 is 27.9 Å². The van der Waals surface area contributed by atoms with Gasteiger partial charge in [0.2, 0.25) is 0 Å². The molecule has 138 valence electrons. The van der Waals surface area contributed by atoms with Crippen LogP contribution in [0, 0.1) is 13.8 Å². The van der Waals surface area contributed by atoms with E-state index in [0.29, 0.717) is 20.2 Å². The van der Waals surface area contributed by atoms with Crippen LogP contribution in [0.4, 0.5) is 14.5 Å². The zero-order chi connectivity index (χ0) is 19.1. The Balaban J connectivity index is 2.74. The summed E-state index contributed by atoms with van der Waals surface area (Å²) in [6.45, 7) is 2.09. The predicted octanol–water partition coefficient (Wildman–Crippen LogP) is 4.57. The van der Waals surface area contributed by atoms with Crippen LogP contribution in [0.5, 0.6) is 0 Å². The molecule has 0 unspecified atom stereocenters.